The number of rotatable bonds is 6. The van der Waals surface area contributed by atoms with Crippen LogP contribution in [0.2, 0.25) is 0 Å². The molecule has 0 aliphatic heterocycles. The van der Waals surface area contributed by atoms with Crippen molar-refractivity contribution in [3.63, 3.8) is 0 Å². The lowest BCUT2D eigenvalue weighted by molar-refractivity contribution is 0.0996. The number of nitrogens with zero attached hydrogens (tertiary/aromatic N) is 2. The summed E-state index contributed by atoms with van der Waals surface area (Å²) >= 11 is 0. The molecule has 0 bridgehead atoms. The molecular weight excluding hydrogens is 304 g/mol. The number of primary amides is 1. The van der Waals surface area contributed by atoms with Gasteiger partial charge in [-0.05, 0) is 50.5 Å². The molecule has 0 saturated heterocycles. The molecule has 0 radical (unpaired) electrons. The SMILES string of the molecule is Cc1cc(C)nc(Nc2cc(NC3(CN)CC3)cnc2C(N)=O)c1. The highest BCUT2D eigenvalue weighted by Crippen LogP contribution is 2.38. The Morgan fingerprint density at radius 1 is 1.29 bits per heavy atom. The van der Waals surface area contributed by atoms with E-state index in [4.69, 9.17) is 11.5 Å². The lowest BCUT2D eigenvalue weighted by atomic mass is 10.2. The number of nitrogens with two attached hydrogens (primary N) is 2. The zero-order valence-corrected chi connectivity index (χ0v) is 13.9. The molecule has 0 aromatic carbocycles. The van der Waals surface area contributed by atoms with Crippen molar-refractivity contribution in [2.45, 2.75) is 32.2 Å². The van der Waals surface area contributed by atoms with Crippen LogP contribution >= 0.6 is 0 Å². The Labute approximate surface area is 140 Å². The topological polar surface area (TPSA) is 119 Å². The highest BCUT2D eigenvalue weighted by Gasteiger charge is 2.41. The maximum atomic E-state index is 11.7. The predicted octanol–water partition coefficient (Wildman–Crippen LogP) is 1.84. The summed E-state index contributed by atoms with van der Waals surface area (Å²) in [6, 6.07) is 5.71. The zero-order chi connectivity index (χ0) is 17.3. The van der Waals surface area contributed by atoms with Crippen molar-refractivity contribution in [2.75, 3.05) is 17.2 Å². The Kier molecular flexibility index (Phi) is 4.11. The summed E-state index contributed by atoms with van der Waals surface area (Å²) < 4.78 is 0. The van der Waals surface area contributed by atoms with Gasteiger partial charge in [0, 0.05) is 17.8 Å². The van der Waals surface area contributed by atoms with Gasteiger partial charge >= 0.3 is 0 Å². The number of aromatic nitrogens is 2. The van der Waals surface area contributed by atoms with Gasteiger partial charge in [-0.1, -0.05) is 0 Å². The van der Waals surface area contributed by atoms with E-state index in [2.05, 4.69) is 20.6 Å². The number of anilines is 3. The quantitative estimate of drug-likeness (QED) is 0.643. The second-order valence-electron chi connectivity index (χ2n) is 6.39. The third-order valence-electron chi connectivity index (χ3n) is 4.14. The van der Waals surface area contributed by atoms with Gasteiger partial charge in [0.2, 0.25) is 0 Å². The maximum Gasteiger partial charge on any atom is 0.269 e. The van der Waals surface area contributed by atoms with Crippen molar-refractivity contribution in [1.29, 1.82) is 0 Å². The van der Waals surface area contributed by atoms with Crippen LogP contribution in [0.15, 0.2) is 24.4 Å². The van der Waals surface area contributed by atoms with Gasteiger partial charge in [-0.3, -0.25) is 4.79 Å². The van der Waals surface area contributed by atoms with E-state index in [-0.39, 0.29) is 11.2 Å². The molecule has 0 spiro atoms. The molecule has 0 atom stereocenters. The van der Waals surface area contributed by atoms with Crippen LogP contribution in [0.5, 0.6) is 0 Å². The molecule has 1 saturated carbocycles. The molecule has 2 aromatic rings. The molecule has 1 fully saturated rings. The van der Waals surface area contributed by atoms with Crippen LogP contribution in [0, 0.1) is 13.8 Å². The minimum Gasteiger partial charge on any atom is -0.377 e. The van der Waals surface area contributed by atoms with Gasteiger partial charge in [0.25, 0.3) is 5.91 Å². The first kappa shape index (κ1) is 16.2. The lowest BCUT2D eigenvalue weighted by Gasteiger charge is -2.18. The number of carbonyl (C=O) groups excluding carboxylic acids is 1. The molecule has 126 valence electrons. The fourth-order valence-corrected chi connectivity index (χ4v) is 2.71. The zero-order valence-electron chi connectivity index (χ0n) is 13.9. The summed E-state index contributed by atoms with van der Waals surface area (Å²) in [6.45, 7) is 4.47. The van der Waals surface area contributed by atoms with Gasteiger partial charge in [-0.25, -0.2) is 9.97 Å². The van der Waals surface area contributed by atoms with Crippen LogP contribution < -0.4 is 22.1 Å². The monoisotopic (exact) mass is 326 g/mol. The Morgan fingerprint density at radius 3 is 2.62 bits per heavy atom. The maximum absolute atomic E-state index is 11.7. The lowest BCUT2D eigenvalue weighted by Crippen LogP contribution is -2.31. The van der Waals surface area contributed by atoms with Crippen molar-refractivity contribution < 1.29 is 4.79 Å². The third kappa shape index (κ3) is 3.46. The van der Waals surface area contributed by atoms with Gasteiger partial charge in [0.15, 0.2) is 5.69 Å². The van der Waals surface area contributed by atoms with E-state index in [1.165, 1.54) is 0 Å². The van der Waals surface area contributed by atoms with E-state index in [0.717, 1.165) is 29.8 Å². The van der Waals surface area contributed by atoms with Crippen LogP contribution in [0.25, 0.3) is 0 Å². The first-order valence-corrected chi connectivity index (χ1v) is 7.91. The third-order valence-corrected chi connectivity index (χ3v) is 4.14. The van der Waals surface area contributed by atoms with Crippen LogP contribution in [0.4, 0.5) is 17.2 Å². The number of hydrogen-bond donors (Lipinski definition) is 4. The van der Waals surface area contributed by atoms with Gasteiger partial charge in [-0.15, -0.1) is 0 Å². The fraction of sp³-hybridized carbons (Fsp3) is 0.353. The van der Waals surface area contributed by atoms with Gasteiger partial charge in [-0.2, -0.15) is 0 Å². The average Bonchev–Trinajstić information content (AvgIpc) is 3.26. The van der Waals surface area contributed by atoms with Crippen LogP contribution in [0.3, 0.4) is 0 Å². The minimum absolute atomic E-state index is 0.0502. The molecule has 1 amide bonds. The first-order chi connectivity index (χ1) is 11.4. The summed E-state index contributed by atoms with van der Waals surface area (Å²) in [5.74, 6) is 0.0577. The number of carbonyl (C=O) groups is 1. The predicted molar refractivity (Wildman–Crippen MR) is 94.4 cm³/mol. The fourth-order valence-electron chi connectivity index (χ4n) is 2.71. The number of nitrogens with one attached hydrogen (secondary N) is 2. The average molecular weight is 326 g/mol. The van der Waals surface area contributed by atoms with Gasteiger partial charge < -0.3 is 22.1 Å². The van der Waals surface area contributed by atoms with Crippen LogP contribution in [-0.2, 0) is 0 Å². The summed E-state index contributed by atoms with van der Waals surface area (Å²) in [7, 11) is 0. The van der Waals surface area contributed by atoms with E-state index >= 15 is 0 Å². The number of amides is 1. The van der Waals surface area contributed by atoms with Crippen molar-refractivity contribution >= 4 is 23.1 Å². The minimum atomic E-state index is -0.589. The van der Waals surface area contributed by atoms with E-state index < -0.39 is 5.91 Å². The van der Waals surface area contributed by atoms with Crippen LogP contribution in [-0.4, -0.2) is 28.0 Å². The van der Waals surface area contributed by atoms with Crippen molar-refractivity contribution in [3.05, 3.63) is 41.3 Å². The number of hydrogen-bond acceptors (Lipinski definition) is 6. The number of aryl methyl sites for hydroxylation is 2. The Hall–Kier alpha value is -2.67. The molecular formula is C17H22N6O. The molecule has 2 heterocycles. The van der Waals surface area contributed by atoms with Gasteiger partial charge in [0.05, 0.1) is 17.6 Å². The summed E-state index contributed by atoms with van der Waals surface area (Å²) in [6.07, 6.45) is 3.67. The normalized spacial score (nSPS) is 15.0. The van der Waals surface area contributed by atoms with Crippen LogP contribution in [0.1, 0.15) is 34.6 Å². The largest absolute Gasteiger partial charge is 0.377 e. The first-order valence-electron chi connectivity index (χ1n) is 7.91. The van der Waals surface area contributed by atoms with E-state index in [0.29, 0.717) is 18.1 Å². The van der Waals surface area contributed by atoms with E-state index in [9.17, 15) is 4.79 Å². The molecule has 3 rings (SSSR count). The highest BCUT2D eigenvalue weighted by molar-refractivity contribution is 5.97. The molecule has 0 unspecified atom stereocenters. The molecule has 7 heteroatoms. The second-order valence-corrected chi connectivity index (χ2v) is 6.39. The summed E-state index contributed by atoms with van der Waals surface area (Å²) in [4.78, 5) is 20.3. The van der Waals surface area contributed by atoms with E-state index in [1.807, 2.05) is 32.0 Å². The second kappa shape index (κ2) is 6.09. The molecule has 1 aliphatic carbocycles. The summed E-state index contributed by atoms with van der Waals surface area (Å²) in [5.41, 5.74) is 14.7. The van der Waals surface area contributed by atoms with Crippen molar-refractivity contribution in [3.8, 4) is 0 Å². The highest BCUT2D eigenvalue weighted by atomic mass is 16.1. The smallest absolute Gasteiger partial charge is 0.269 e. The molecule has 7 nitrogen and oxygen atoms in total. The Morgan fingerprint density at radius 2 is 2.04 bits per heavy atom. The van der Waals surface area contributed by atoms with Crippen molar-refractivity contribution in [2.24, 2.45) is 11.5 Å². The Balaban J connectivity index is 1.92. The molecule has 24 heavy (non-hydrogen) atoms. The van der Waals surface area contributed by atoms with Gasteiger partial charge in [0.1, 0.15) is 5.82 Å². The summed E-state index contributed by atoms with van der Waals surface area (Å²) in [5, 5.41) is 6.55. The van der Waals surface area contributed by atoms with Crippen molar-refractivity contribution in [1.82, 2.24) is 9.97 Å². The standard InChI is InChI=1S/C17H22N6O/c1-10-5-11(2)21-14(6-10)22-13-7-12(8-20-15(13)16(19)24)23-17(9-18)3-4-17/h5-8,23H,3-4,9,18H2,1-2H3,(H2,19,24)(H,21,22). The van der Waals surface area contributed by atoms with E-state index in [1.54, 1.807) is 6.20 Å². The molecule has 2 aromatic heterocycles. The molecule has 1 aliphatic rings. The Bertz CT molecular complexity index is 764. The number of pyridine rings is 2. The molecule has 6 N–H and O–H groups in total.